The molecule has 0 spiro atoms. The molecule has 124 valence electrons. The average molecular weight is 324 g/mol. The van der Waals surface area contributed by atoms with Crippen molar-refractivity contribution < 1.29 is 9.00 Å². The van der Waals surface area contributed by atoms with Crippen LogP contribution < -0.4 is 10.0 Å². The average Bonchev–Trinajstić information content (AvgIpc) is 2.44. The molecule has 4 nitrogen and oxygen atoms in total. The topological polar surface area (TPSA) is 58.2 Å². The van der Waals surface area contributed by atoms with Gasteiger partial charge in [-0.2, -0.15) is 0 Å². The van der Waals surface area contributed by atoms with E-state index in [9.17, 15) is 9.00 Å². The number of Topliss-reactive ketones (excluding diaryl/α,β-unsaturated/α-hetero) is 1. The van der Waals surface area contributed by atoms with Crippen LogP contribution in [0.15, 0.2) is 24.3 Å². The first-order chi connectivity index (χ1) is 10.3. The molecule has 0 aromatic heterocycles. The first-order valence-electron chi connectivity index (χ1n) is 7.85. The zero-order valence-corrected chi connectivity index (χ0v) is 14.9. The molecule has 5 heteroatoms. The molecular formula is C17H28N2O2S. The monoisotopic (exact) mass is 324 g/mol. The molecule has 0 bridgehead atoms. The van der Waals surface area contributed by atoms with Crippen LogP contribution in [0.1, 0.15) is 57.3 Å². The van der Waals surface area contributed by atoms with Gasteiger partial charge in [0.05, 0.1) is 0 Å². The number of nitrogens with one attached hydrogen (secondary N) is 2. The van der Waals surface area contributed by atoms with Crippen molar-refractivity contribution in [3.8, 4) is 0 Å². The summed E-state index contributed by atoms with van der Waals surface area (Å²) >= 11 is 0. The first-order valence-corrected chi connectivity index (χ1v) is 9.17. The third-order valence-corrected chi connectivity index (χ3v) is 4.23. The fraction of sp³-hybridized carbons (Fsp3) is 0.588. The summed E-state index contributed by atoms with van der Waals surface area (Å²) in [6.07, 6.45) is 2.41. The molecule has 0 aliphatic carbocycles. The standard InChI is InChI=1S/C17H28N2O2S/c1-5-6-12-22(21)19-15-9-7-8-14(13-15)16(20)10-11-18-17(2,3)4/h7-9,13,18-19H,5-6,10-12H2,1-4H3. The van der Waals surface area contributed by atoms with Crippen LogP contribution in [0.3, 0.4) is 0 Å². The van der Waals surface area contributed by atoms with Crippen LogP contribution in [0.2, 0.25) is 0 Å². The highest BCUT2D eigenvalue weighted by Gasteiger charge is 2.11. The molecule has 0 aliphatic heterocycles. The van der Waals surface area contributed by atoms with Crippen molar-refractivity contribution in [2.24, 2.45) is 0 Å². The van der Waals surface area contributed by atoms with Gasteiger partial charge < -0.3 is 10.0 Å². The lowest BCUT2D eigenvalue weighted by Gasteiger charge is -2.20. The van der Waals surface area contributed by atoms with Gasteiger partial charge in [-0.25, -0.2) is 4.21 Å². The Balaban J connectivity index is 2.55. The van der Waals surface area contributed by atoms with E-state index in [1.807, 2.05) is 12.1 Å². The highest BCUT2D eigenvalue weighted by atomic mass is 32.2. The Morgan fingerprint density at radius 2 is 2.00 bits per heavy atom. The third-order valence-electron chi connectivity index (χ3n) is 3.11. The van der Waals surface area contributed by atoms with Gasteiger partial charge in [-0.05, 0) is 39.3 Å². The van der Waals surface area contributed by atoms with E-state index in [0.29, 0.717) is 24.3 Å². The van der Waals surface area contributed by atoms with E-state index in [0.717, 1.165) is 18.5 Å². The molecule has 1 rings (SSSR count). The Hall–Kier alpha value is -1.20. The molecule has 1 aromatic rings. The third kappa shape index (κ3) is 7.71. The highest BCUT2D eigenvalue weighted by Crippen LogP contribution is 2.13. The number of benzene rings is 1. The maximum atomic E-state index is 12.2. The molecular weight excluding hydrogens is 296 g/mol. The van der Waals surface area contributed by atoms with Gasteiger partial charge in [0.2, 0.25) is 0 Å². The van der Waals surface area contributed by atoms with Crippen LogP contribution in [0.25, 0.3) is 0 Å². The van der Waals surface area contributed by atoms with Crippen molar-refractivity contribution in [2.45, 2.75) is 52.5 Å². The second-order valence-corrected chi connectivity index (χ2v) is 7.74. The molecule has 0 aliphatic rings. The van der Waals surface area contributed by atoms with Crippen molar-refractivity contribution in [1.82, 2.24) is 5.32 Å². The molecule has 1 unspecified atom stereocenters. The predicted octanol–water partition coefficient (Wildman–Crippen LogP) is 3.52. The number of rotatable bonds is 9. The van der Waals surface area contributed by atoms with Gasteiger partial charge in [-0.3, -0.25) is 4.79 Å². The van der Waals surface area contributed by atoms with Crippen molar-refractivity contribution in [3.63, 3.8) is 0 Å². The zero-order chi connectivity index (χ0) is 16.6. The lowest BCUT2D eigenvalue weighted by Crippen LogP contribution is -2.37. The minimum absolute atomic E-state index is 0.0138. The fourth-order valence-electron chi connectivity index (χ4n) is 1.91. The Morgan fingerprint density at radius 1 is 1.27 bits per heavy atom. The van der Waals surface area contributed by atoms with Gasteiger partial charge in [-0.15, -0.1) is 0 Å². The number of unbranched alkanes of at least 4 members (excludes halogenated alkanes) is 1. The minimum Gasteiger partial charge on any atom is -0.312 e. The summed E-state index contributed by atoms with van der Waals surface area (Å²) < 4.78 is 14.8. The van der Waals surface area contributed by atoms with Crippen LogP contribution in [-0.2, 0) is 11.0 Å². The fourth-order valence-corrected chi connectivity index (χ4v) is 2.95. The van der Waals surface area contributed by atoms with Crippen LogP contribution in [0, 0.1) is 0 Å². The molecule has 0 amide bonds. The summed E-state index contributed by atoms with van der Waals surface area (Å²) in [7, 11) is -1.08. The molecule has 1 atom stereocenters. The summed E-state index contributed by atoms with van der Waals surface area (Å²) in [5, 5.41) is 3.31. The zero-order valence-electron chi connectivity index (χ0n) is 14.1. The minimum atomic E-state index is -1.08. The quantitative estimate of drug-likeness (QED) is 0.683. The van der Waals surface area contributed by atoms with E-state index in [2.05, 4.69) is 37.7 Å². The molecule has 0 saturated carbocycles. The number of hydrogen-bond donors (Lipinski definition) is 2. The second kappa shape index (κ2) is 9.06. The van der Waals surface area contributed by atoms with Crippen molar-refractivity contribution in [1.29, 1.82) is 0 Å². The van der Waals surface area contributed by atoms with E-state index in [-0.39, 0.29) is 11.3 Å². The van der Waals surface area contributed by atoms with Gasteiger partial charge in [0.15, 0.2) is 5.78 Å². The van der Waals surface area contributed by atoms with E-state index in [1.54, 1.807) is 12.1 Å². The lowest BCUT2D eigenvalue weighted by molar-refractivity contribution is 0.0980. The van der Waals surface area contributed by atoms with E-state index >= 15 is 0 Å². The van der Waals surface area contributed by atoms with E-state index in [4.69, 9.17) is 0 Å². The van der Waals surface area contributed by atoms with Gasteiger partial charge in [0, 0.05) is 35.5 Å². The Kier molecular flexibility index (Phi) is 7.76. The van der Waals surface area contributed by atoms with Crippen LogP contribution in [0.5, 0.6) is 0 Å². The van der Waals surface area contributed by atoms with Crippen molar-refractivity contribution >= 4 is 22.5 Å². The molecule has 2 N–H and O–H groups in total. The number of anilines is 1. The molecule has 0 fully saturated rings. The maximum Gasteiger partial charge on any atom is 0.164 e. The Bertz CT molecular complexity index is 510. The summed E-state index contributed by atoms with van der Waals surface area (Å²) in [5.74, 6) is 0.726. The Morgan fingerprint density at radius 3 is 2.64 bits per heavy atom. The van der Waals surface area contributed by atoms with Crippen LogP contribution in [-0.4, -0.2) is 27.8 Å². The summed E-state index contributed by atoms with van der Waals surface area (Å²) in [6, 6.07) is 7.25. The second-order valence-electron chi connectivity index (χ2n) is 6.44. The van der Waals surface area contributed by atoms with Gasteiger partial charge in [0.1, 0.15) is 11.0 Å². The molecule has 0 saturated heterocycles. The number of hydrogen-bond acceptors (Lipinski definition) is 3. The largest absolute Gasteiger partial charge is 0.312 e. The van der Waals surface area contributed by atoms with Crippen LogP contribution in [0.4, 0.5) is 5.69 Å². The highest BCUT2D eigenvalue weighted by molar-refractivity contribution is 7.86. The van der Waals surface area contributed by atoms with E-state index < -0.39 is 11.0 Å². The molecule has 0 radical (unpaired) electrons. The van der Waals surface area contributed by atoms with Crippen LogP contribution >= 0.6 is 0 Å². The van der Waals surface area contributed by atoms with Crippen molar-refractivity contribution in [2.75, 3.05) is 17.0 Å². The normalized spacial score (nSPS) is 12.9. The number of ketones is 1. The summed E-state index contributed by atoms with van der Waals surface area (Å²) in [6.45, 7) is 8.96. The summed E-state index contributed by atoms with van der Waals surface area (Å²) in [4.78, 5) is 12.2. The molecule has 22 heavy (non-hydrogen) atoms. The molecule has 0 heterocycles. The van der Waals surface area contributed by atoms with Gasteiger partial charge in [-0.1, -0.05) is 25.5 Å². The molecule has 1 aromatic carbocycles. The summed E-state index contributed by atoms with van der Waals surface area (Å²) in [5.41, 5.74) is 1.41. The van der Waals surface area contributed by atoms with Gasteiger partial charge >= 0.3 is 0 Å². The van der Waals surface area contributed by atoms with E-state index in [1.165, 1.54) is 0 Å². The van der Waals surface area contributed by atoms with Crippen molar-refractivity contribution in [3.05, 3.63) is 29.8 Å². The predicted molar refractivity (Wildman–Crippen MR) is 94.7 cm³/mol. The lowest BCUT2D eigenvalue weighted by atomic mass is 10.1. The SMILES string of the molecule is CCCCS(=O)Nc1cccc(C(=O)CCNC(C)(C)C)c1. The first kappa shape index (κ1) is 18.8. The smallest absolute Gasteiger partial charge is 0.164 e. The number of carbonyl (C=O) groups is 1. The van der Waals surface area contributed by atoms with Gasteiger partial charge in [0.25, 0.3) is 0 Å². The Labute approximate surface area is 136 Å². The maximum absolute atomic E-state index is 12.2. The number of carbonyl (C=O) groups excluding carboxylic acids is 1.